The van der Waals surface area contributed by atoms with Crippen molar-refractivity contribution in [3.05, 3.63) is 11.8 Å². The summed E-state index contributed by atoms with van der Waals surface area (Å²) in [5.74, 6) is 0.484. The Morgan fingerprint density at radius 2 is 2.08 bits per heavy atom. The third kappa shape index (κ3) is 1.98. The lowest BCUT2D eigenvalue weighted by Gasteiger charge is -2.13. The smallest absolute Gasteiger partial charge is 0.193 e. The quantitative estimate of drug-likeness (QED) is 0.606. The number of aromatic nitrogens is 2. The molecule has 0 fully saturated rings. The van der Waals surface area contributed by atoms with E-state index in [-0.39, 0.29) is 10.5 Å². The van der Waals surface area contributed by atoms with Gasteiger partial charge < -0.3 is 11.5 Å². The Morgan fingerprint density at radius 3 is 2.31 bits per heavy atom. The standard InChI is InChI=1S/C8H14N4S/c1-8(2,3)5-4-6(9)12(11-5)7(10)13/h4H,9H2,1-3H3,(H2,10,13). The van der Waals surface area contributed by atoms with E-state index in [0.29, 0.717) is 5.82 Å². The molecule has 0 atom stereocenters. The Morgan fingerprint density at radius 1 is 1.54 bits per heavy atom. The topological polar surface area (TPSA) is 69.9 Å². The molecule has 13 heavy (non-hydrogen) atoms. The van der Waals surface area contributed by atoms with Crippen molar-refractivity contribution in [3.8, 4) is 0 Å². The minimum Gasteiger partial charge on any atom is -0.383 e. The van der Waals surface area contributed by atoms with Crippen LogP contribution in [-0.2, 0) is 5.41 Å². The molecule has 0 saturated heterocycles. The monoisotopic (exact) mass is 198 g/mol. The molecule has 1 aromatic rings. The maximum absolute atomic E-state index is 5.67. The highest BCUT2D eigenvalue weighted by atomic mass is 32.1. The fourth-order valence-electron chi connectivity index (χ4n) is 0.939. The van der Waals surface area contributed by atoms with Crippen LogP contribution in [0.5, 0.6) is 0 Å². The first kappa shape index (κ1) is 9.98. The molecular weight excluding hydrogens is 184 g/mol. The number of nitrogens with two attached hydrogens (primary N) is 2. The number of nitrogen functional groups attached to an aromatic ring is 1. The van der Waals surface area contributed by atoms with E-state index < -0.39 is 0 Å². The summed E-state index contributed by atoms with van der Waals surface area (Å²) >= 11 is 4.78. The number of hydrogen-bond acceptors (Lipinski definition) is 3. The first-order valence-corrected chi connectivity index (χ1v) is 4.39. The van der Waals surface area contributed by atoms with Gasteiger partial charge in [0.1, 0.15) is 5.82 Å². The Bertz CT molecular complexity index is 334. The minimum atomic E-state index is -0.0375. The fraction of sp³-hybridized carbons (Fsp3) is 0.500. The van der Waals surface area contributed by atoms with Crippen LogP contribution >= 0.6 is 12.2 Å². The SMILES string of the molecule is CC(C)(C)c1cc(N)n(C(N)=S)n1. The molecule has 5 heteroatoms. The van der Waals surface area contributed by atoms with Crippen LogP contribution in [0, 0.1) is 0 Å². The van der Waals surface area contributed by atoms with E-state index in [9.17, 15) is 0 Å². The summed E-state index contributed by atoms with van der Waals surface area (Å²) < 4.78 is 1.37. The third-order valence-corrected chi connectivity index (χ3v) is 1.89. The van der Waals surface area contributed by atoms with Crippen LogP contribution in [0.1, 0.15) is 26.5 Å². The molecule has 0 aromatic carbocycles. The third-order valence-electron chi connectivity index (χ3n) is 1.71. The van der Waals surface area contributed by atoms with E-state index in [1.165, 1.54) is 4.68 Å². The fourth-order valence-corrected chi connectivity index (χ4v) is 1.08. The highest BCUT2D eigenvalue weighted by Gasteiger charge is 2.19. The second-order valence-corrected chi connectivity index (χ2v) is 4.37. The highest BCUT2D eigenvalue weighted by Crippen LogP contribution is 2.22. The molecule has 0 saturated carbocycles. The molecule has 0 aliphatic heterocycles. The Labute approximate surface area is 82.9 Å². The minimum absolute atomic E-state index is 0.0375. The number of thiocarbonyl (C=S) groups is 1. The van der Waals surface area contributed by atoms with Crippen LogP contribution in [-0.4, -0.2) is 14.9 Å². The van der Waals surface area contributed by atoms with Gasteiger partial charge in [0.25, 0.3) is 0 Å². The van der Waals surface area contributed by atoms with Crippen LogP contribution < -0.4 is 11.5 Å². The average Bonchev–Trinajstić information content (AvgIpc) is 2.29. The predicted molar refractivity (Wildman–Crippen MR) is 57.5 cm³/mol. The van der Waals surface area contributed by atoms with E-state index in [4.69, 9.17) is 23.7 Å². The zero-order valence-corrected chi connectivity index (χ0v) is 8.85. The maximum atomic E-state index is 5.67. The van der Waals surface area contributed by atoms with Crippen molar-refractivity contribution in [2.75, 3.05) is 5.73 Å². The molecule has 0 amide bonds. The van der Waals surface area contributed by atoms with Crippen LogP contribution in [0.25, 0.3) is 0 Å². The molecule has 4 N–H and O–H groups in total. The van der Waals surface area contributed by atoms with Crippen molar-refractivity contribution in [1.29, 1.82) is 0 Å². The normalized spacial score (nSPS) is 11.6. The van der Waals surface area contributed by atoms with Gasteiger partial charge in [-0.15, -0.1) is 0 Å². The van der Waals surface area contributed by atoms with Gasteiger partial charge in [0, 0.05) is 11.5 Å². The zero-order chi connectivity index (χ0) is 10.2. The second kappa shape index (κ2) is 2.99. The Balaban J connectivity index is 3.17. The Kier molecular flexibility index (Phi) is 2.30. The Hall–Kier alpha value is -1.10. The van der Waals surface area contributed by atoms with E-state index in [0.717, 1.165) is 5.69 Å². The van der Waals surface area contributed by atoms with Gasteiger partial charge in [-0.1, -0.05) is 20.8 Å². The molecule has 0 bridgehead atoms. The first-order chi connectivity index (χ1) is 5.82. The van der Waals surface area contributed by atoms with Crippen molar-refractivity contribution >= 4 is 23.1 Å². The lowest BCUT2D eigenvalue weighted by molar-refractivity contribution is 0.562. The molecule has 0 aliphatic carbocycles. The predicted octanol–water partition coefficient (Wildman–Crippen LogP) is 0.855. The van der Waals surface area contributed by atoms with Gasteiger partial charge in [0.15, 0.2) is 5.11 Å². The summed E-state index contributed by atoms with van der Waals surface area (Å²) in [5.41, 5.74) is 11.9. The summed E-state index contributed by atoms with van der Waals surface area (Å²) in [6.07, 6.45) is 0. The molecule has 1 rings (SSSR count). The summed E-state index contributed by atoms with van der Waals surface area (Å²) in [6.45, 7) is 6.16. The van der Waals surface area contributed by atoms with Crippen molar-refractivity contribution in [1.82, 2.24) is 9.78 Å². The molecular formula is C8H14N4S. The largest absolute Gasteiger partial charge is 0.383 e. The molecule has 1 aromatic heterocycles. The van der Waals surface area contributed by atoms with Crippen molar-refractivity contribution in [2.24, 2.45) is 5.73 Å². The van der Waals surface area contributed by atoms with Gasteiger partial charge >= 0.3 is 0 Å². The molecule has 0 aliphatic rings. The number of anilines is 1. The number of rotatable bonds is 0. The molecule has 1 heterocycles. The van der Waals surface area contributed by atoms with Gasteiger partial charge in [-0.3, -0.25) is 0 Å². The average molecular weight is 198 g/mol. The molecule has 4 nitrogen and oxygen atoms in total. The van der Waals surface area contributed by atoms with Crippen LogP contribution in [0.15, 0.2) is 6.07 Å². The van der Waals surface area contributed by atoms with E-state index in [1.54, 1.807) is 6.07 Å². The van der Waals surface area contributed by atoms with Crippen LogP contribution in [0.2, 0.25) is 0 Å². The van der Waals surface area contributed by atoms with Crippen molar-refractivity contribution in [2.45, 2.75) is 26.2 Å². The second-order valence-electron chi connectivity index (χ2n) is 3.95. The van der Waals surface area contributed by atoms with Crippen molar-refractivity contribution < 1.29 is 0 Å². The summed E-state index contributed by atoms with van der Waals surface area (Å²) in [4.78, 5) is 0. The summed E-state index contributed by atoms with van der Waals surface area (Å²) in [5, 5.41) is 4.38. The van der Waals surface area contributed by atoms with E-state index >= 15 is 0 Å². The maximum Gasteiger partial charge on any atom is 0.193 e. The summed E-state index contributed by atoms with van der Waals surface area (Å²) in [7, 11) is 0. The van der Waals surface area contributed by atoms with E-state index in [2.05, 4.69) is 25.9 Å². The molecule has 72 valence electrons. The molecule has 0 spiro atoms. The van der Waals surface area contributed by atoms with Gasteiger partial charge in [0.2, 0.25) is 0 Å². The van der Waals surface area contributed by atoms with Crippen molar-refractivity contribution in [3.63, 3.8) is 0 Å². The van der Waals surface area contributed by atoms with E-state index in [1.807, 2.05) is 0 Å². The molecule has 0 unspecified atom stereocenters. The number of nitrogens with zero attached hydrogens (tertiary/aromatic N) is 2. The zero-order valence-electron chi connectivity index (χ0n) is 8.03. The van der Waals surface area contributed by atoms with Gasteiger partial charge in [-0.2, -0.15) is 9.78 Å². The summed E-state index contributed by atoms with van der Waals surface area (Å²) in [6, 6.07) is 1.79. The lowest BCUT2D eigenvalue weighted by atomic mass is 9.92. The number of hydrogen-bond donors (Lipinski definition) is 2. The van der Waals surface area contributed by atoms with Crippen LogP contribution in [0.3, 0.4) is 0 Å². The highest BCUT2D eigenvalue weighted by molar-refractivity contribution is 7.80. The molecule has 0 radical (unpaired) electrons. The van der Waals surface area contributed by atoms with Gasteiger partial charge in [-0.05, 0) is 12.2 Å². The first-order valence-electron chi connectivity index (χ1n) is 3.98. The lowest BCUT2D eigenvalue weighted by Crippen LogP contribution is -2.23. The van der Waals surface area contributed by atoms with Crippen LogP contribution in [0.4, 0.5) is 5.82 Å². The van der Waals surface area contributed by atoms with Gasteiger partial charge in [0.05, 0.1) is 5.69 Å². The van der Waals surface area contributed by atoms with Gasteiger partial charge in [-0.25, -0.2) is 0 Å².